The van der Waals surface area contributed by atoms with Gasteiger partial charge in [0.2, 0.25) is 5.43 Å². The number of piperazine rings is 1. The van der Waals surface area contributed by atoms with Gasteiger partial charge in [-0.1, -0.05) is 5.16 Å². The fraction of sp³-hybridized carbons (Fsp3) is 0.387. The van der Waals surface area contributed by atoms with Gasteiger partial charge in [0.25, 0.3) is 11.8 Å². The van der Waals surface area contributed by atoms with Crippen LogP contribution in [0.3, 0.4) is 0 Å². The molecule has 5 N–H and O–H groups in total. The number of anilines is 2. The maximum absolute atomic E-state index is 15.5. The number of carboxylic acids is 2. The highest BCUT2D eigenvalue weighted by atomic mass is 32.2. The monoisotopic (exact) mass is 729 g/mol. The quantitative estimate of drug-likeness (QED) is 0.0996. The van der Waals surface area contributed by atoms with Gasteiger partial charge >= 0.3 is 11.9 Å². The van der Waals surface area contributed by atoms with E-state index in [9.17, 15) is 34.2 Å². The van der Waals surface area contributed by atoms with E-state index in [1.165, 1.54) is 35.3 Å². The zero-order chi connectivity index (χ0) is 36.1. The average molecular weight is 730 g/mol. The summed E-state index contributed by atoms with van der Waals surface area (Å²) in [5.41, 5.74) is 5.69. The van der Waals surface area contributed by atoms with Gasteiger partial charge in [0, 0.05) is 34.8 Å². The molecule has 16 nitrogen and oxygen atoms in total. The van der Waals surface area contributed by atoms with Crippen molar-refractivity contribution < 1.29 is 43.1 Å². The molecule has 2 atom stereocenters. The normalized spacial score (nSPS) is 20.4. The molecule has 50 heavy (non-hydrogen) atoms. The van der Waals surface area contributed by atoms with E-state index in [0.29, 0.717) is 60.6 Å². The molecule has 2 aromatic heterocycles. The minimum atomic E-state index is -1.38. The van der Waals surface area contributed by atoms with Gasteiger partial charge in [0.05, 0.1) is 44.4 Å². The van der Waals surface area contributed by atoms with Gasteiger partial charge in [0.15, 0.2) is 10.8 Å². The topological polar surface area (TPSA) is 210 Å². The molecule has 3 aliphatic heterocycles. The summed E-state index contributed by atoms with van der Waals surface area (Å²) < 4.78 is 17.5. The Hall–Kier alpha value is -5.01. The van der Waals surface area contributed by atoms with E-state index < -0.39 is 52.0 Å². The van der Waals surface area contributed by atoms with Crippen molar-refractivity contribution >= 4 is 74.3 Å². The van der Waals surface area contributed by atoms with Gasteiger partial charge in [-0.15, -0.1) is 23.1 Å². The molecule has 2 fully saturated rings. The second-order valence-electron chi connectivity index (χ2n) is 12.3. The smallest absolute Gasteiger partial charge is 0.352 e. The number of likely N-dealkylation sites (N-methyl/N-ethyl adjacent to an activating group) is 1. The van der Waals surface area contributed by atoms with Crippen molar-refractivity contribution in [2.45, 2.75) is 24.9 Å². The molecule has 6 rings (SSSR count). The van der Waals surface area contributed by atoms with Crippen LogP contribution in [0.1, 0.15) is 23.0 Å². The third-order valence-corrected chi connectivity index (χ3v) is 11.2. The van der Waals surface area contributed by atoms with E-state index in [1.54, 1.807) is 17.6 Å². The predicted octanol–water partition coefficient (Wildman–Crippen LogP) is 0.953. The number of β-lactam (4-membered cyclic amide) rings is 1. The summed E-state index contributed by atoms with van der Waals surface area (Å²) in [6.07, 6.45) is 1.27. The van der Waals surface area contributed by atoms with Crippen LogP contribution in [-0.4, -0.2) is 123 Å². The predicted molar refractivity (Wildman–Crippen MR) is 184 cm³/mol. The lowest BCUT2D eigenvalue weighted by Gasteiger charge is -2.50. The molecule has 0 saturated carbocycles. The molecule has 264 valence electrons. The molecule has 5 heterocycles. The van der Waals surface area contributed by atoms with Crippen LogP contribution >= 0.6 is 23.1 Å². The van der Waals surface area contributed by atoms with Crippen molar-refractivity contribution in [1.82, 2.24) is 19.8 Å². The minimum absolute atomic E-state index is 0.0116. The summed E-state index contributed by atoms with van der Waals surface area (Å²) in [6, 6.07) is 1.67. The number of nitrogens with zero attached hydrogens (tertiary/aromatic N) is 6. The Morgan fingerprint density at radius 3 is 2.52 bits per heavy atom. The first-order chi connectivity index (χ1) is 23.8. The number of oxime groups is 1. The van der Waals surface area contributed by atoms with Crippen LogP contribution in [-0.2, 0) is 25.8 Å². The lowest BCUT2D eigenvalue weighted by molar-refractivity contribution is -0.905. The van der Waals surface area contributed by atoms with Crippen molar-refractivity contribution in [3.63, 3.8) is 0 Å². The SMILES string of the molecule is CCn1cc(C(=O)O)c(=O)c2cc(F)c(N3CC[N+](C)(CC4=C(C(=O)O)N5C(=O)[C@@H](NC(=O)C(=NOC)c6csc(N)n6)[C@H]5SC4)CC3)cc21. The number of thioether (sulfide) groups is 1. The highest BCUT2D eigenvalue weighted by Gasteiger charge is 2.55. The summed E-state index contributed by atoms with van der Waals surface area (Å²) in [4.78, 5) is 75.2. The number of pyridine rings is 1. The number of amides is 2. The Labute approximate surface area is 292 Å². The van der Waals surface area contributed by atoms with Crippen LogP contribution in [0.4, 0.5) is 15.2 Å². The van der Waals surface area contributed by atoms with Crippen molar-refractivity contribution in [2.75, 3.05) is 63.3 Å². The molecule has 1 aromatic carbocycles. The number of hydrogen-bond acceptors (Lipinski definition) is 12. The van der Waals surface area contributed by atoms with Crippen molar-refractivity contribution in [3.05, 3.63) is 62.3 Å². The van der Waals surface area contributed by atoms with Gasteiger partial charge in [-0.3, -0.25) is 19.3 Å². The fourth-order valence-corrected chi connectivity index (χ4v) is 8.45. The van der Waals surface area contributed by atoms with Crippen molar-refractivity contribution in [2.24, 2.45) is 5.16 Å². The Balaban J connectivity index is 1.17. The Kier molecular flexibility index (Phi) is 9.31. The standard InChI is InChI=1S/C31H33FN8O8S2/c1-4-37-11-17(29(44)45)25(41)16-9-18(32)21(10-20(16)37)38-5-7-40(2,8-6-38)12-15-13-49-28-23(27(43)39(28)24(15)30(46)47)35-26(42)22(36-48-3)19-14-50-31(33)34-19/h9-11,14,23,28H,4-8,12-13H2,1-3H3,(H4-,33,34,35,42,44,45,46,47)/p+1/t23-,28-/m1/s1. The summed E-state index contributed by atoms with van der Waals surface area (Å²) in [5.74, 6) is -4.25. The number of thiazole rings is 1. The number of nitrogens with one attached hydrogen (secondary N) is 1. The number of benzene rings is 1. The maximum Gasteiger partial charge on any atom is 0.352 e. The largest absolute Gasteiger partial charge is 0.477 e. The second-order valence-corrected chi connectivity index (χ2v) is 14.3. The summed E-state index contributed by atoms with van der Waals surface area (Å²) in [7, 11) is 3.24. The van der Waals surface area contributed by atoms with Gasteiger partial charge in [-0.05, 0) is 19.1 Å². The number of aliphatic carboxylic acids is 1. The number of aromatic carboxylic acids is 1. The Morgan fingerprint density at radius 2 is 1.92 bits per heavy atom. The lowest BCUT2D eigenvalue weighted by atomic mass is 10.0. The molecule has 2 amide bonds. The number of rotatable bonds is 10. The van der Waals surface area contributed by atoms with E-state index in [0.717, 1.165) is 17.4 Å². The first kappa shape index (κ1) is 34.8. The number of halogens is 1. The van der Waals surface area contributed by atoms with E-state index >= 15 is 4.39 Å². The number of aryl methyl sites for hydroxylation is 1. The van der Waals surface area contributed by atoms with Gasteiger partial charge < -0.3 is 40.1 Å². The number of nitrogen functional groups attached to an aromatic ring is 1. The maximum atomic E-state index is 15.5. The van der Waals surface area contributed by atoms with Crippen LogP contribution in [0.25, 0.3) is 10.9 Å². The first-order valence-corrected chi connectivity index (χ1v) is 17.4. The number of fused-ring (bicyclic) bond motifs is 2. The van der Waals surface area contributed by atoms with Gasteiger partial charge in [-0.25, -0.2) is 19.0 Å². The zero-order valence-corrected chi connectivity index (χ0v) is 28.8. The number of nitrogens with two attached hydrogens (primary N) is 1. The minimum Gasteiger partial charge on any atom is -0.477 e. The van der Waals surface area contributed by atoms with E-state index in [1.807, 2.05) is 11.9 Å². The number of aromatic nitrogens is 2. The molecular weight excluding hydrogens is 696 g/mol. The molecule has 0 radical (unpaired) electrons. The molecule has 2 saturated heterocycles. The third-order valence-electron chi connectivity index (χ3n) is 9.15. The zero-order valence-electron chi connectivity index (χ0n) is 27.2. The number of quaternary nitrogens is 1. The van der Waals surface area contributed by atoms with Crippen LogP contribution < -0.4 is 21.4 Å². The highest BCUT2D eigenvalue weighted by molar-refractivity contribution is 8.00. The molecule has 3 aromatic rings. The molecule has 3 aliphatic rings. The molecule has 0 bridgehead atoms. The molecule has 0 unspecified atom stereocenters. The molecule has 0 aliphatic carbocycles. The molecule has 0 spiro atoms. The average Bonchev–Trinajstić information content (AvgIpc) is 3.51. The Bertz CT molecular complexity index is 2050. The van der Waals surface area contributed by atoms with Crippen molar-refractivity contribution in [3.8, 4) is 0 Å². The molecule has 19 heteroatoms. The fourth-order valence-electron chi connectivity index (χ4n) is 6.57. The van der Waals surface area contributed by atoms with Crippen molar-refractivity contribution in [1.29, 1.82) is 0 Å². The van der Waals surface area contributed by atoms with Crippen LogP contribution in [0, 0.1) is 5.82 Å². The summed E-state index contributed by atoms with van der Waals surface area (Å²) >= 11 is 2.45. The second kappa shape index (κ2) is 13.4. The van der Waals surface area contributed by atoms with Crippen LogP contribution in [0.15, 0.2) is 44.9 Å². The van der Waals surface area contributed by atoms with Crippen LogP contribution in [0.2, 0.25) is 0 Å². The number of carbonyl (C=O) groups excluding carboxylic acids is 2. The highest BCUT2D eigenvalue weighted by Crippen LogP contribution is 2.41. The van der Waals surface area contributed by atoms with Crippen LogP contribution in [0.5, 0.6) is 0 Å². The number of carboxylic acid groups (broad SMARTS) is 2. The molecular formula is C31H34FN8O8S2+. The van der Waals surface area contributed by atoms with Gasteiger partial charge in [-0.2, -0.15) is 0 Å². The first-order valence-electron chi connectivity index (χ1n) is 15.5. The van der Waals surface area contributed by atoms with E-state index in [2.05, 4.69) is 15.5 Å². The van der Waals surface area contributed by atoms with E-state index in [4.69, 9.17) is 10.6 Å². The van der Waals surface area contributed by atoms with E-state index in [-0.39, 0.29) is 33.3 Å². The number of hydrogen-bond donors (Lipinski definition) is 4. The van der Waals surface area contributed by atoms with Gasteiger partial charge in [0.1, 0.15) is 47.8 Å². The third kappa shape index (κ3) is 6.15. The summed E-state index contributed by atoms with van der Waals surface area (Å²) in [6.45, 7) is 4.38. The Morgan fingerprint density at radius 1 is 1.20 bits per heavy atom. The lowest BCUT2D eigenvalue weighted by Crippen LogP contribution is -2.71. The number of carbonyl (C=O) groups is 4. The summed E-state index contributed by atoms with van der Waals surface area (Å²) in [5, 5.41) is 27.1.